The Morgan fingerprint density at radius 1 is 1.17 bits per heavy atom. The molecule has 0 saturated heterocycles. The van der Waals surface area contributed by atoms with E-state index in [0.717, 1.165) is 12.3 Å². The highest BCUT2D eigenvalue weighted by molar-refractivity contribution is 5.70. The minimum absolute atomic E-state index is 0.953. The van der Waals surface area contributed by atoms with Crippen LogP contribution >= 0.6 is 0 Å². The second-order valence-corrected chi connectivity index (χ2v) is 5.26. The van der Waals surface area contributed by atoms with Gasteiger partial charge >= 0.3 is 0 Å². The Morgan fingerprint density at radius 3 is 2.67 bits per heavy atom. The van der Waals surface area contributed by atoms with Crippen molar-refractivity contribution < 1.29 is 4.74 Å². The molecule has 18 heavy (non-hydrogen) atoms. The molecule has 0 aromatic heterocycles. The van der Waals surface area contributed by atoms with Gasteiger partial charge in [-0.3, -0.25) is 0 Å². The monoisotopic (exact) mass is 245 g/mol. The van der Waals surface area contributed by atoms with Crippen molar-refractivity contribution in [2.45, 2.75) is 25.7 Å². The predicted octanol–water partition coefficient (Wildman–Crippen LogP) is 3.58. The molecule has 2 heteroatoms. The topological polar surface area (TPSA) is 12.5 Å². The van der Waals surface area contributed by atoms with Gasteiger partial charge in [-0.2, -0.15) is 0 Å². The molecule has 0 heterocycles. The second-order valence-electron chi connectivity index (χ2n) is 5.26. The van der Waals surface area contributed by atoms with Gasteiger partial charge < -0.3 is 9.64 Å². The van der Waals surface area contributed by atoms with Gasteiger partial charge in [0.05, 0.1) is 7.11 Å². The fourth-order valence-electron chi connectivity index (χ4n) is 2.68. The Morgan fingerprint density at radius 2 is 1.94 bits per heavy atom. The molecular weight excluding hydrogens is 222 g/mol. The fraction of sp³-hybridized carbons (Fsp3) is 0.500. The standard InChI is InChI=1S/C16H23NO/c1-17(2)12-14-7-4-5-10-16(14)13-8-6-9-15(11-13)18-3/h6,8-9,11H,4-5,7,10,12H2,1-3H3. The largest absolute Gasteiger partial charge is 0.497 e. The molecule has 1 aromatic rings. The summed E-state index contributed by atoms with van der Waals surface area (Å²) in [6, 6.07) is 8.47. The van der Waals surface area contributed by atoms with Gasteiger partial charge in [-0.05, 0) is 63.0 Å². The summed E-state index contributed by atoms with van der Waals surface area (Å²) in [5.41, 5.74) is 4.47. The number of methoxy groups -OCH3 is 1. The predicted molar refractivity (Wildman–Crippen MR) is 76.9 cm³/mol. The van der Waals surface area contributed by atoms with E-state index < -0.39 is 0 Å². The van der Waals surface area contributed by atoms with E-state index in [1.807, 2.05) is 6.07 Å². The zero-order valence-electron chi connectivity index (χ0n) is 11.7. The molecule has 0 bridgehead atoms. The van der Waals surface area contributed by atoms with Gasteiger partial charge in [0.25, 0.3) is 0 Å². The second kappa shape index (κ2) is 6.05. The molecule has 98 valence electrons. The number of allylic oxidation sites excluding steroid dienone is 1. The van der Waals surface area contributed by atoms with Crippen LogP contribution in [0, 0.1) is 0 Å². The molecule has 0 atom stereocenters. The maximum absolute atomic E-state index is 5.33. The zero-order valence-corrected chi connectivity index (χ0v) is 11.7. The van der Waals surface area contributed by atoms with Gasteiger partial charge in [0.1, 0.15) is 5.75 Å². The number of likely N-dealkylation sites (N-methyl/N-ethyl adjacent to an activating group) is 1. The van der Waals surface area contributed by atoms with E-state index in [9.17, 15) is 0 Å². The summed E-state index contributed by atoms with van der Waals surface area (Å²) in [6.45, 7) is 1.08. The van der Waals surface area contributed by atoms with Crippen molar-refractivity contribution >= 4 is 5.57 Å². The molecule has 0 N–H and O–H groups in total. The first-order valence-electron chi connectivity index (χ1n) is 6.71. The van der Waals surface area contributed by atoms with Crippen molar-refractivity contribution in [3.05, 3.63) is 35.4 Å². The Kier molecular flexibility index (Phi) is 4.43. The van der Waals surface area contributed by atoms with Gasteiger partial charge in [-0.25, -0.2) is 0 Å². The minimum atomic E-state index is 0.953. The van der Waals surface area contributed by atoms with Gasteiger partial charge in [-0.1, -0.05) is 17.7 Å². The summed E-state index contributed by atoms with van der Waals surface area (Å²) in [5, 5.41) is 0. The average molecular weight is 245 g/mol. The van der Waals surface area contributed by atoms with Crippen LogP contribution in [0.5, 0.6) is 5.75 Å². The summed E-state index contributed by atoms with van der Waals surface area (Å²) in [5.74, 6) is 0.953. The molecule has 0 spiro atoms. The van der Waals surface area contributed by atoms with Crippen molar-refractivity contribution in [3.8, 4) is 5.75 Å². The molecule has 1 aliphatic carbocycles. The number of hydrogen-bond acceptors (Lipinski definition) is 2. The normalized spacial score (nSPS) is 16.2. The van der Waals surface area contributed by atoms with Crippen LogP contribution in [0.4, 0.5) is 0 Å². The summed E-state index contributed by atoms with van der Waals surface area (Å²) >= 11 is 0. The third-order valence-electron chi connectivity index (χ3n) is 3.51. The Balaban J connectivity index is 2.34. The van der Waals surface area contributed by atoms with E-state index in [-0.39, 0.29) is 0 Å². The van der Waals surface area contributed by atoms with Crippen molar-refractivity contribution in [1.82, 2.24) is 4.90 Å². The maximum Gasteiger partial charge on any atom is 0.119 e. The fourth-order valence-corrected chi connectivity index (χ4v) is 2.68. The lowest BCUT2D eigenvalue weighted by Gasteiger charge is -2.23. The third-order valence-corrected chi connectivity index (χ3v) is 3.51. The maximum atomic E-state index is 5.33. The van der Waals surface area contributed by atoms with Crippen LogP contribution in [0.15, 0.2) is 29.8 Å². The highest BCUT2D eigenvalue weighted by Gasteiger charge is 2.15. The van der Waals surface area contributed by atoms with Crippen LogP contribution in [0.3, 0.4) is 0 Å². The van der Waals surface area contributed by atoms with E-state index in [2.05, 4.69) is 37.2 Å². The van der Waals surface area contributed by atoms with Crippen molar-refractivity contribution in [2.75, 3.05) is 27.7 Å². The van der Waals surface area contributed by atoms with Crippen LogP contribution in [0.1, 0.15) is 31.2 Å². The highest BCUT2D eigenvalue weighted by Crippen LogP contribution is 2.33. The zero-order chi connectivity index (χ0) is 13.0. The lowest BCUT2D eigenvalue weighted by atomic mass is 9.87. The number of rotatable bonds is 4. The van der Waals surface area contributed by atoms with E-state index in [4.69, 9.17) is 4.74 Å². The first-order valence-corrected chi connectivity index (χ1v) is 6.71. The lowest BCUT2D eigenvalue weighted by molar-refractivity contribution is 0.414. The molecule has 0 fully saturated rings. The summed E-state index contributed by atoms with van der Waals surface area (Å²) in [6.07, 6.45) is 5.08. The quantitative estimate of drug-likeness (QED) is 0.804. The van der Waals surface area contributed by atoms with Gasteiger partial charge in [0.15, 0.2) is 0 Å². The van der Waals surface area contributed by atoms with Crippen LogP contribution in [0.2, 0.25) is 0 Å². The molecule has 0 radical (unpaired) electrons. The van der Waals surface area contributed by atoms with E-state index in [1.165, 1.54) is 36.8 Å². The third kappa shape index (κ3) is 3.14. The lowest BCUT2D eigenvalue weighted by Crippen LogP contribution is -2.17. The van der Waals surface area contributed by atoms with Gasteiger partial charge in [0, 0.05) is 6.54 Å². The summed E-state index contributed by atoms with van der Waals surface area (Å²) in [4.78, 5) is 2.26. The van der Waals surface area contributed by atoms with Crippen molar-refractivity contribution in [3.63, 3.8) is 0 Å². The van der Waals surface area contributed by atoms with Gasteiger partial charge in [0.2, 0.25) is 0 Å². The molecule has 0 amide bonds. The van der Waals surface area contributed by atoms with E-state index in [1.54, 1.807) is 12.7 Å². The Bertz CT molecular complexity index is 434. The minimum Gasteiger partial charge on any atom is -0.497 e. The Labute approximate surface area is 110 Å². The molecule has 0 unspecified atom stereocenters. The summed E-state index contributed by atoms with van der Waals surface area (Å²) < 4.78 is 5.33. The van der Waals surface area contributed by atoms with E-state index in [0.29, 0.717) is 0 Å². The van der Waals surface area contributed by atoms with Crippen LogP contribution < -0.4 is 4.74 Å². The molecule has 2 nitrogen and oxygen atoms in total. The number of ether oxygens (including phenoxy) is 1. The van der Waals surface area contributed by atoms with Gasteiger partial charge in [-0.15, -0.1) is 0 Å². The Hall–Kier alpha value is -1.28. The molecule has 1 aliphatic rings. The summed E-state index contributed by atoms with van der Waals surface area (Å²) in [7, 11) is 6.02. The van der Waals surface area contributed by atoms with E-state index >= 15 is 0 Å². The molecule has 1 aromatic carbocycles. The van der Waals surface area contributed by atoms with Crippen LogP contribution in [0.25, 0.3) is 5.57 Å². The van der Waals surface area contributed by atoms with Crippen molar-refractivity contribution in [1.29, 1.82) is 0 Å². The number of benzene rings is 1. The van der Waals surface area contributed by atoms with Crippen LogP contribution in [-0.2, 0) is 0 Å². The SMILES string of the molecule is COc1cccc(C2=C(CN(C)C)CCCC2)c1. The first-order chi connectivity index (χ1) is 8.70. The molecule has 0 aliphatic heterocycles. The van der Waals surface area contributed by atoms with Crippen LogP contribution in [-0.4, -0.2) is 32.6 Å². The molecule has 2 rings (SSSR count). The van der Waals surface area contributed by atoms with Crippen molar-refractivity contribution in [2.24, 2.45) is 0 Å². The highest BCUT2D eigenvalue weighted by atomic mass is 16.5. The smallest absolute Gasteiger partial charge is 0.119 e. The molecule has 0 saturated carbocycles. The molecular formula is C16H23NO. The average Bonchev–Trinajstić information content (AvgIpc) is 2.39. The number of nitrogens with zero attached hydrogens (tertiary/aromatic N) is 1. The number of hydrogen-bond donors (Lipinski definition) is 0. The first kappa shape index (κ1) is 13.2.